The molecule has 80 valence electrons. The second kappa shape index (κ2) is 9.96. The molecule has 0 aromatic heterocycles. The van der Waals surface area contributed by atoms with Crippen LogP contribution in [0.5, 0.6) is 0 Å². The molecule has 0 saturated heterocycles. The molecule has 0 N–H and O–H groups in total. The molecule has 0 aliphatic rings. The van der Waals surface area contributed by atoms with E-state index in [1.165, 1.54) is 6.08 Å². The first-order valence-corrected chi connectivity index (χ1v) is 5.07. The van der Waals surface area contributed by atoms with Crippen molar-refractivity contribution in [1.29, 1.82) is 0 Å². The zero-order valence-electron chi connectivity index (χ0n) is 8.70. The number of hydrogen-bond donors (Lipinski definition) is 0. The average Bonchev–Trinajstić information content (AvgIpc) is 2.17. The molecule has 0 fully saturated rings. The maximum absolute atomic E-state index is 10.9. The molecule has 3 nitrogen and oxygen atoms in total. The Morgan fingerprint density at radius 2 is 2.07 bits per heavy atom. The van der Waals surface area contributed by atoms with Gasteiger partial charge in [0.1, 0.15) is 6.29 Å². The molecule has 0 atom stereocenters. The van der Waals surface area contributed by atoms with E-state index in [4.69, 9.17) is 4.74 Å². The lowest BCUT2D eigenvalue weighted by Crippen LogP contribution is -2.02. The number of ether oxygens (including phenoxy) is 1. The maximum atomic E-state index is 10.9. The van der Waals surface area contributed by atoms with Crippen molar-refractivity contribution in [3.05, 3.63) is 12.2 Å². The van der Waals surface area contributed by atoms with Crippen LogP contribution in [-0.2, 0) is 14.3 Å². The molecule has 0 radical (unpaired) electrons. The molecule has 0 amide bonds. The summed E-state index contributed by atoms with van der Waals surface area (Å²) in [6, 6.07) is 0. The summed E-state index contributed by atoms with van der Waals surface area (Å²) in [5, 5.41) is 0. The average molecular weight is 198 g/mol. The summed E-state index contributed by atoms with van der Waals surface area (Å²) < 4.78 is 4.79. The molecule has 0 aromatic carbocycles. The topological polar surface area (TPSA) is 43.4 Å². The minimum absolute atomic E-state index is 0.115. The van der Waals surface area contributed by atoms with E-state index in [2.05, 4.69) is 0 Å². The van der Waals surface area contributed by atoms with Gasteiger partial charge in [-0.05, 0) is 32.3 Å². The van der Waals surface area contributed by atoms with Crippen molar-refractivity contribution in [3.8, 4) is 0 Å². The molecule has 0 rings (SSSR count). The minimum Gasteiger partial charge on any atom is -0.466 e. The van der Waals surface area contributed by atoms with Gasteiger partial charge < -0.3 is 4.74 Å². The zero-order valence-corrected chi connectivity index (χ0v) is 8.70. The van der Waals surface area contributed by atoms with Gasteiger partial charge in [0.15, 0.2) is 0 Å². The van der Waals surface area contributed by atoms with Crippen LogP contribution in [0.15, 0.2) is 12.2 Å². The summed E-state index contributed by atoms with van der Waals surface area (Å²) in [7, 11) is 0. The first-order valence-electron chi connectivity index (χ1n) is 5.07. The van der Waals surface area contributed by atoms with Crippen molar-refractivity contribution < 1.29 is 14.3 Å². The summed E-state index contributed by atoms with van der Waals surface area (Å²) in [5.74, 6) is -0.115. The van der Waals surface area contributed by atoms with E-state index >= 15 is 0 Å². The third-order valence-electron chi connectivity index (χ3n) is 1.77. The Morgan fingerprint density at radius 3 is 2.71 bits per heavy atom. The van der Waals surface area contributed by atoms with Crippen LogP contribution in [0.25, 0.3) is 0 Å². The largest absolute Gasteiger partial charge is 0.466 e. The van der Waals surface area contributed by atoms with E-state index in [0.29, 0.717) is 13.0 Å². The molecule has 0 heterocycles. The van der Waals surface area contributed by atoms with Crippen LogP contribution in [0.1, 0.15) is 39.0 Å². The van der Waals surface area contributed by atoms with Crippen LogP contribution in [0, 0.1) is 0 Å². The Bertz CT molecular complexity index is 185. The van der Waals surface area contributed by atoms with Crippen molar-refractivity contribution in [3.63, 3.8) is 0 Å². The van der Waals surface area contributed by atoms with Crippen LogP contribution in [0.4, 0.5) is 0 Å². The van der Waals surface area contributed by atoms with Crippen molar-refractivity contribution in [2.24, 2.45) is 0 Å². The van der Waals surface area contributed by atoms with Gasteiger partial charge in [-0.3, -0.25) is 9.59 Å². The molecule has 0 bridgehead atoms. The lowest BCUT2D eigenvalue weighted by atomic mass is 10.1. The van der Waals surface area contributed by atoms with Crippen LogP contribution in [-0.4, -0.2) is 18.9 Å². The highest BCUT2D eigenvalue weighted by atomic mass is 16.5. The van der Waals surface area contributed by atoms with Crippen LogP contribution in [0.2, 0.25) is 0 Å². The number of hydrogen-bond acceptors (Lipinski definition) is 3. The standard InChI is InChI=1S/C11H18O3/c1-2-14-11(13)9-7-5-3-4-6-8-10-12/h6,8,10H,2-5,7,9H2,1H3. The molecule has 0 aliphatic carbocycles. The van der Waals surface area contributed by atoms with Gasteiger partial charge in [0, 0.05) is 6.42 Å². The smallest absolute Gasteiger partial charge is 0.305 e. The highest BCUT2D eigenvalue weighted by Crippen LogP contribution is 2.04. The van der Waals surface area contributed by atoms with E-state index in [1.807, 2.05) is 13.0 Å². The fourth-order valence-corrected chi connectivity index (χ4v) is 1.09. The van der Waals surface area contributed by atoms with Crippen molar-refractivity contribution in [2.75, 3.05) is 6.61 Å². The van der Waals surface area contributed by atoms with Gasteiger partial charge in [0.2, 0.25) is 0 Å². The van der Waals surface area contributed by atoms with Gasteiger partial charge in [-0.15, -0.1) is 0 Å². The number of esters is 1. The third-order valence-corrected chi connectivity index (χ3v) is 1.77. The van der Waals surface area contributed by atoms with E-state index in [-0.39, 0.29) is 5.97 Å². The maximum Gasteiger partial charge on any atom is 0.305 e. The van der Waals surface area contributed by atoms with E-state index in [0.717, 1.165) is 32.0 Å². The number of aldehydes is 1. The summed E-state index contributed by atoms with van der Waals surface area (Å²) in [6.07, 6.45) is 8.42. The molecule has 0 spiro atoms. The fraction of sp³-hybridized carbons (Fsp3) is 0.636. The van der Waals surface area contributed by atoms with Gasteiger partial charge in [-0.25, -0.2) is 0 Å². The van der Waals surface area contributed by atoms with Crippen molar-refractivity contribution >= 4 is 12.3 Å². The van der Waals surface area contributed by atoms with Crippen molar-refractivity contribution in [2.45, 2.75) is 39.0 Å². The number of carbonyl (C=O) groups is 2. The van der Waals surface area contributed by atoms with E-state index < -0.39 is 0 Å². The lowest BCUT2D eigenvalue weighted by Gasteiger charge is -2.00. The predicted octanol–water partition coefficient (Wildman–Crippen LogP) is 2.26. The molecule has 0 aromatic rings. The zero-order chi connectivity index (χ0) is 10.6. The quantitative estimate of drug-likeness (QED) is 0.260. The van der Waals surface area contributed by atoms with Gasteiger partial charge in [-0.1, -0.05) is 12.5 Å². The monoisotopic (exact) mass is 198 g/mol. The fourth-order valence-electron chi connectivity index (χ4n) is 1.09. The third kappa shape index (κ3) is 8.97. The summed E-state index contributed by atoms with van der Waals surface area (Å²) in [4.78, 5) is 20.8. The van der Waals surface area contributed by atoms with Gasteiger partial charge in [-0.2, -0.15) is 0 Å². The summed E-state index contributed by atoms with van der Waals surface area (Å²) in [6.45, 7) is 2.27. The Hall–Kier alpha value is -1.12. The SMILES string of the molecule is CCOC(=O)CCCCCC=CC=O. The Kier molecular flexibility index (Phi) is 9.17. The van der Waals surface area contributed by atoms with Gasteiger partial charge >= 0.3 is 5.97 Å². The normalized spacial score (nSPS) is 10.4. The second-order valence-electron chi connectivity index (χ2n) is 2.97. The van der Waals surface area contributed by atoms with Gasteiger partial charge in [0.05, 0.1) is 6.61 Å². The summed E-state index contributed by atoms with van der Waals surface area (Å²) >= 11 is 0. The van der Waals surface area contributed by atoms with Gasteiger partial charge in [0.25, 0.3) is 0 Å². The molecule has 0 aliphatic heterocycles. The lowest BCUT2D eigenvalue weighted by molar-refractivity contribution is -0.143. The number of unbranched alkanes of at least 4 members (excludes halogenated alkanes) is 3. The molecular weight excluding hydrogens is 180 g/mol. The molecule has 3 heteroatoms. The predicted molar refractivity (Wildman–Crippen MR) is 54.9 cm³/mol. The number of carbonyl (C=O) groups excluding carboxylic acids is 2. The highest BCUT2D eigenvalue weighted by molar-refractivity contribution is 5.69. The first-order chi connectivity index (χ1) is 6.81. The Balaban J connectivity index is 3.16. The highest BCUT2D eigenvalue weighted by Gasteiger charge is 1.99. The van der Waals surface area contributed by atoms with E-state index in [1.54, 1.807) is 0 Å². The number of allylic oxidation sites excluding steroid dienone is 2. The minimum atomic E-state index is -0.115. The van der Waals surface area contributed by atoms with Crippen LogP contribution < -0.4 is 0 Å². The second-order valence-corrected chi connectivity index (χ2v) is 2.97. The summed E-state index contributed by atoms with van der Waals surface area (Å²) in [5.41, 5.74) is 0. The van der Waals surface area contributed by atoms with Crippen molar-refractivity contribution in [1.82, 2.24) is 0 Å². The first kappa shape index (κ1) is 12.9. The molecule has 0 unspecified atom stereocenters. The van der Waals surface area contributed by atoms with E-state index in [9.17, 15) is 9.59 Å². The van der Waals surface area contributed by atoms with Crippen LogP contribution >= 0.6 is 0 Å². The number of rotatable bonds is 8. The molecule has 14 heavy (non-hydrogen) atoms. The van der Waals surface area contributed by atoms with Crippen LogP contribution in [0.3, 0.4) is 0 Å². The molecule has 0 saturated carbocycles. The Morgan fingerprint density at radius 1 is 1.29 bits per heavy atom. The Labute approximate surface area is 85.1 Å². The molecular formula is C11H18O3.